The number of benzene rings is 1. The predicted octanol–water partition coefficient (Wildman–Crippen LogP) is 3.12. The van der Waals surface area contributed by atoms with Gasteiger partial charge in [0.25, 0.3) is 0 Å². The van der Waals surface area contributed by atoms with Gasteiger partial charge in [0.15, 0.2) is 0 Å². The van der Waals surface area contributed by atoms with E-state index in [4.69, 9.17) is 4.89 Å². The van der Waals surface area contributed by atoms with Gasteiger partial charge in [0, 0.05) is 15.1 Å². The molecule has 0 spiro atoms. The van der Waals surface area contributed by atoms with E-state index >= 15 is 0 Å². The first-order chi connectivity index (χ1) is 6.33. The van der Waals surface area contributed by atoms with E-state index in [0.717, 1.165) is 10.2 Å². The van der Waals surface area contributed by atoms with E-state index < -0.39 is 0 Å². The van der Waals surface area contributed by atoms with Crippen molar-refractivity contribution in [3.05, 3.63) is 28.7 Å². The minimum Gasteiger partial charge on any atom is -0.240 e. The Morgan fingerprint density at radius 3 is 2.62 bits per heavy atom. The van der Waals surface area contributed by atoms with Crippen LogP contribution in [0.1, 0.15) is 0 Å². The second-order valence-corrected chi connectivity index (χ2v) is 4.38. The van der Waals surface area contributed by atoms with Crippen LogP contribution in [0.2, 0.25) is 0 Å². The van der Waals surface area contributed by atoms with Crippen LogP contribution in [0.4, 0.5) is 0 Å². The van der Waals surface area contributed by atoms with Gasteiger partial charge in [0.05, 0.1) is 13.7 Å². The van der Waals surface area contributed by atoms with Crippen molar-refractivity contribution in [2.24, 2.45) is 0 Å². The van der Waals surface area contributed by atoms with E-state index in [1.165, 1.54) is 12.0 Å². The zero-order valence-electron chi connectivity index (χ0n) is 7.33. The first-order valence-electron chi connectivity index (χ1n) is 3.87. The average Bonchev–Trinajstić information content (AvgIpc) is 2.15. The van der Waals surface area contributed by atoms with Crippen LogP contribution in [0.15, 0.2) is 33.6 Å². The van der Waals surface area contributed by atoms with E-state index in [1.807, 2.05) is 12.1 Å². The van der Waals surface area contributed by atoms with Crippen LogP contribution in [0.25, 0.3) is 0 Å². The minimum atomic E-state index is 0.608. The van der Waals surface area contributed by atoms with Crippen molar-refractivity contribution < 1.29 is 9.78 Å². The first-order valence-corrected chi connectivity index (χ1v) is 5.65. The van der Waals surface area contributed by atoms with Crippen LogP contribution >= 0.6 is 27.7 Å². The van der Waals surface area contributed by atoms with E-state index in [2.05, 4.69) is 33.0 Å². The van der Waals surface area contributed by atoms with E-state index in [9.17, 15) is 0 Å². The minimum absolute atomic E-state index is 0.608. The van der Waals surface area contributed by atoms with Crippen molar-refractivity contribution in [2.75, 3.05) is 19.5 Å². The molecule has 1 aromatic carbocycles. The highest BCUT2D eigenvalue weighted by Crippen LogP contribution is 2.20. The van der Waals surface area contributed by atoms with Crippen molar-refractivity contribution in [1.82, 2.24) is 0 Å². The molecule has 0 aliphatic rings. The SMILES string of the molecule is COOCCSc1ccc(Br)cc1. The van der Waals surface area contributed by atoms with E-state index in [0.29, 0.717) is 6.61 Å². The molecule has 0 fully saturated rings. The molecule has 0 aliphatic heterocycles. The van der Waals surface area contributed by atoms with Gasteiger partial charge in [-0.05, 0) is 24.3 Å². The molecule has 0 radical (unpaired) electrons. The second kappa shape index (κ2) is 6.43. The molecule has 0 atom stereocenters. The van der Waals surface area contributed by atoms with Crippen LogP contribution < -0.4 is 0 Å². The second-order valence-electron chi connectivity index (χ2n) is 2.29. The normalized spacial score (nSPS) is 10.3. The van der Waals surface area contributed by atoms with Crippen molar-refractivity contribution in [3.63, 3.8) is 0 Å². The predicted molar refractivity (Wildman–Crippen MR) is 57.8 cm³/mol. The fraction of sp³-hybridized carbons (Fsp3) is 0.333. The average molecular weight is 263 g/mol. The highest BCUT2D eigenvalue weighted by molar-refractivity contribution is 9.10. The Bertz CT molecular complexity index is 238. The van der Waals surface area contributed by atoms with Crippen molar-refractivity contribution >= 4 is 27.7 Å². The van der Waals surface area contributed by atoms with Gasteiger partial charge in [0.2, 0.25) is 0 Å². The number of hydrogen-bond donors (Lipinski definition) is 0. The van der Waals surface area contributed by atoms with Gasteiger partial charge in [-0.1, -0.05) is 15.9 Å². The summed E-state index contributed by atoms with van der Waals surface area (Å²) in [6.07, 6.45) is 0. The molecule has 0 saturated heterocycles. The van der Waals surface area contributed by atoms with Crippen molar-refractivity contribution in [3.8, 4) is 0 Å². The molecule has 13 heavy (non-hydrogen) atoms. The lowest BCUT2D eigenvalue weighted by atomic mass is 10.4. The summed E-state index contributed by atoms with van der Waals surface area (Å²) in [5.41, 5.74) is 0. The van der Waals surface area contributed by atoms with E-state index in [1.54, 1.807) is 11.8 Å². The van der Waals surface area contributed by atoms with Crippen molar-refractivity contribution in [2.45, 2.75) is 4.90 Å². The van der Waals surface area contributed by atoms with Crippen LogP contribution in [-0.4, -0.2) is 19.5 Å². The molecule has 1 aromatic rings. The zero-order valence-corrected chi connectivity index (χ0v) is 9.73. The summed E-state index contributed by atoms with van der Waals surface area (Å²) < 4.78 is 1.10. The molecule has 72 valence electrons. The largest absolute Gasteiger partial charge is 0.240 e. The van der Waals surface area contributed by atoms with Gasteiger partial charge < -0.3 is 0 Å². The number of hydrogen-bond acceptors (Lipinski definition) is 3. The topological polar surface area (TPSA) is 18.5 Å². The Labute approximate surface area is 90.7 Å². The molecule has 4 heteroatoms. The number of halogens is 1. The Hall–Kier alpha value is -0.0300. The molecule has 0 bridgehead atoms. The molecule has 0 heterocycles. The molecule has 1 rings (SSSR count). The fourth-order valence-corrected chi connectivity index (χ4v) is 1.79. The van der Waals surface area contributed by atoms with Gasteiger partial charge in [0.1, 0.15) is 0 Å². The van der Waals surface area contributed by atoms with Crippen LogP contribution in [-0.2, 0) is 9.78 Å². The quantitative estimate of drug-likeness (QED) is 0.352. The smallest absolute Gasteiger partial charge is 0.0916 e. The number of thioether (sulfide) groups is 1. The van der Waals surface area contributed by atoms with E-state index in [-0.39, 0.29) is 0 Å². The monoisotopic (exact) mass is 262 g/mol. The highest BCUT2D eigenvalue weighted by atomic mass is 79.9. The van der Waals surface area contributed by atoms with Crippen molar-refractivity contribution in [1.29, 1.82) is 0 Å². The summed E-state index contributed by atoms with van der Waals surface area (Å²) in [7, 11) is 1.52. The molecule has 0 aliphatic carbocycles. The lowest BCUT2D eigenvalue weighted by molar-refractivity contribution is -0.267. The third-order valence-corrected chi connectivity index (χ3v) is 2.87. The molecular formula is C9H11BrO2S. The Morgan fingerprint density at radius 1 is 1.31 bits per heavy atom. The molecule has 0 N–H and O–H groups in total. The van der Waals surface area contributed by atoms with Crippen LogP contribution in [0, 0.1) is 0 Å². The maximum Gasteiger partial charge on any atom is 0.0916 e. The zero-order chi connectivity index (χ0) is 9.52. The summed E-state index contributed by atoms with van der Waals surface area (Å²) >= 11 is 5.13. The Balaban J connectivity index is 2.25. The summed E-state index contributed by atoms with van der Waals surface area (Å²) in [4.78, 5) is 10.5. The maximum absolute atomic E-state index is 4.75. The summed E-state index contributed by atoms with van der Waals surface area (Å²) in [5, 5.41) is 0. The Kier molecular flexibility index (Phi) is 5.46. The van der Waals surface area contributed by atoms with Gasteiger partial charge in [-0.25, -0.2) is 9.78 Å². The summed E-state index contributed by atoms with van der Waals surface area (Å²) in [5.74, 6) is 0.898. The molecular weight excluding hydrogens is 252 g/mol. The van der Waals surface area contributed by atoms with Gasteiger partial charge in [-0.3, -0.25) is 0 Å². The molecule has 2 nitrogen and oxygen atoms in total. The number of rotatable bonds is 5. The third-order valence-electron chi connectivity index (χ3n) is 1.37. The van der Waals surface area contributed by atoms with Crippen LogP contribution in [0.3, 0.4) is 0 Å². The lowest BCUT2D eigenvalue weighted by Crippen LogP contribution is -1.94. The Morgan fingerprint density at radius 2 is 2.00 bits per heavy atom. The van der Waals surface area contributed by atoms with Gasteiger partial charge >= 0.3 is 0 Å². The molecule has 0 unspecified atom stereocenters. The first kappa shape index (κ1) is 11.0. The molecule has 0 saturated carbocycles. The third kappa shape index (κ3) is 4.67. The summed E-state index contributed by atoms with van der Waals surface area (Å²) in [6.45, 7) is 0.608. The highest BCUT2D eigenvalue weighted by Gasteiger charge is 1.93. The van der Waals surface area contributed by atoms with Crippen LogP contribution in [0.5, 0.6) is 0 Å². The van der Waals surface area contributed by atoms with Gasteiger partial charge in [-0.2, -0.15) is 0 Å². The summed E-state index contributed by atoms with van der Waals surface area (Å²) in [6, 6.07) is 8.20. The fourth-order valence-electron chi connectivity index (χ4n) is 0.808. The maximum atomic E-state index is 4.75. The van der Waals surface area contributed by atoms with Gasteiger partial charge in [-0.15, -0.1) is 11.8 Å². The molecule has 0 amide bonds. The molecule has 0 aromatic heterocycles. The lowest BCUT2D eigenvalue weighted by Gasteiger charge is -2.00. The standard InChI is InChI=1S/C9H11BrO2S/c1-11-12-6-7-13-9-4-2-8(10)3-5-9/h2-5H,6-7H2,1H3.